The number of nitrogens with one attached hydrogen (secondary N) is 1. The van der Waals surface area contributed by atoms with Crippen LogP contribution in [0.5, 0.6) is 0 Å². The molecule has 3 aromatic rings. The Morgan fingerprint density at radius 1 is 0.574 bits per heavy atom. The maximum Gasteiger partial charge on any atom is 0.386 e. The zero-order valence-corrected chi connectivity index (χ0v) is 28.9. The van der Waals surface area contributed by atoms with Gasteiger partial charge < -0.3 is 16.0 Å². The van der Waals surface area contributed by atoms with Crippen molar-refractivity contribution >= 4 is 12.4 Å². The molecule has 3 N–H and O–H groups in total. The van der Waals surface area contributed by atoms with E-state index in [1.165, 1.54) is 18.9 Å². The minimum absolute atomic E-state index is 0.188. The Morgan fingerprint density at radius 3 is 1.02 bits per heavy atom. The Morgan fingerprint density at radius 2 is 0.830 bits per heavy atom. The van der Waals surface area contributed by atoms with Gasteiger partial charge in [-0.2, -0.15) is 39.5 Å². The molecule has 0 aromatic heterocycles. The lowest BCUT2D eigenvalue weighted by Gasteiger charge is -1.90. The van der Waals surface area contributed by atoms with Gasteiger partial charge in [0, 0.05) is 33.5 Å². The smallest absolute Gasteiger partial charge is 0.386 e. The van der Waals surface area contributed by atoms with Crippen LogP contribution in [0.4, 0.5) is 39.5 Å². The van der Waals surface area contributed by atoms with Crippen LogP contribution >= 0.6 is 0 Å². The van der Waals surface area contributed by atoms with Gasteiger partial charge in [0.2, 0.25) is 0 Å². The molecule has 3 aromatic carbocycles. The minimum atomic E-state index is -4.00. The van der Waals surface area contributed by atoms with Crippen LogP contribution in [-0.4, -0.2) is 38.1 Å². The molecule has 272 valence electrons. The van der Waals surface area contributed by atoms with Crippen LogP contribution in [0, 0.1) is 5.41 Å². The lowest BCUT2D eigenvalue weighted by molar-refractivity contribution is -0.111. The fraction of sp³-hybridized carbons (Fsp3) is 0.412. The SMILES string of the molecule is CC.CC.CC.CC(F)(F)F.CC(F)(F)F.CC(F)(F)F.CO/N=C/c1ccccc1.N=Cc1ccccc1.NCc1ccccc1. The first kappa shape index (κ1) is 55.5. The molecule has 0 bridgehead atoms. The van der Waals surface area contributed by atoms with Crippen molar-refractivity contribution in [2.24, 2.45) is 10.9 Å². The van der Waals surface area contributed by atoms with E-state index in [4.69, 9.17) is 11.1 Å². The highest BCUT2D eigenvalue weighted by Gasteiger charge is 2.16. The van der Waals surface area contributed by atoms with Crippen molar-refractivity contribution < 1.29 is 44.4 Å². The maximum absolute atomic E-state index is 10.4. The number of hydrogen-bond acceptors (Lipinski definition) is 4. The summed E-state index contributed by atoms with van der Waals surface area (Å²) >= 11 is 0. The summed E-state index contributed by atoms with van der Waals surface area (Å²) in [5, 5.41) is 10.4. The fourth-order valence-corrected chi connectivity index (χ4v) is 1.82. The average molecular weight is 690 g/mol. The summed E-state index contributed by atoms with van der Waals surface area (Å²) in [4.78, 5) is 4.52. The molecule has 0 aliphatic rings. The molecule has 0 fully saturated rings. The molecule has 0 spiro atoms. The van der Waals surface area contributed by atoms with Crippen molar-refractivity contribution in [1.29, 1.82) is 5.41 Å². The lowest BCUT2D eigenvalue weighted by Crippen LogP contribution is -1.95. The van der Waals surface area contributed by atoms with Crippen LogP contribution in [0.25, 0.3) is 0 Å². The van der Waals surface area contributed by atoms with E-state index in [0.717, 1.165) is 11.1 Å². The first-order valence-corrected chi connectivity index (χ1v) is 14.4. The summed E-state index contributed by atoms with van der Waals surface area (Å²) in [6.07, 6.45) is -9.00. The van der Waals surface area contributed by atoms with Gasteiger partial charge in [-0.05, 0) is 16.7 Å². The summed E-state index contributed by atoms with van der Waals surface area (Å²) in [6, 6.07) is 29.3. The molecule has 0 atom stereocenters. The van der Waals surface area contributed by atoms with Gasteiger partial charge in [-0.25, -0.2) is 0 Å². The third kappa shape index (κ3) is 85.7. The molecule has 0 amide bonds. The van der Waals surface area contributed by atoms with Crippen molar-refractivity contribution in [2.45, 2.75) is 87.4 Å². The number of alkyl halides is 9. The van der Waals surface area contributed by atoms with E-state index >= 15 is 0 Å². The quantitative estimate of drug-likeness (QED) is 0.163. The van der Waals surface area contributed by atoms with E-state index < -0.39 is 18.5 Å². The number of oxime groups is 1. The molecular formula is C34H52F9N3O. The van der Waals surface area contributed by atoms with E-state index in [9.17, 15) is 39.5 Å². The van der Waals surface area contributed by atoms with Gasteiger partial charge in [0.05, 0.1) is 6.21 Å². The van der Waals surface area contributed by atoms with Crippen LogP contribution in [0.15, 0.2) is 96.2 Å². The van der Waals surface area contributed by atoms with E-state index in [0.29, 0.717) is 6.54 Å². The fourth-order valence-electron chi connectivity index (χ4n) is 1.82. The Hall–Kier alpha value is -3.87. The summed E-state index contributed by atoms with van der Waals surface area (Å²) < 4.78 is 93.2. The third-order valence-corrected chi connectivity index (χ3v) is 3.15. The second kappa shape index (κ2) is 38.3. The zero-order chi connectivity index (χ0) is 38.4. The van der Waals surface area contributed by atoms with Gasteiger partial charge in [0.15, 0.2) is 0 Å². The molecule has 0 aliphatic carbocycles. The monoisotopic (exact) mass is 689 g/mol. The van der Waals surface area contributed by atoms with Gasteiger partial charge in [-0.15, -0.1) is 0 Å². The van der Waals surface area contributed by atoms with Crippen molar-refractivity contribution in [1.82, 2.24) is 0 Å². The average Bonchev–Trinajstić information content (AvgIpc) is 3.02. The van der Waals surface area contributed by atoms with Crippen molar-refractivity contribution in [3.05, 3.63) is 108 Å². The topological polar surface area (TPSA) is 71.5 Å². The number of halogens is 9. The maximum atomic E-state index is 10.4. The second-order valence-corrected chi connectivity index (χ2v) is 7.42. The van der Waals surface area contributed by atoms with Crippen LogP contribution in [-0.2, 0) is 11.4 Å². The zero-order valence-electron chi connectivity index (χ0n) is 28.9. The number of rotatable bonds is 4. The Labute approximate surface area is 275 Å². The standard InChI is InChI=1S/C8H9NO.C7H9N.C7H7N.3C2H3F3.3C2H6/c1-10-9-7-8-5-3-2-4-6-8;2*8-6-7-4-2-1-3-5-7;3*1-2(3,4)5;3*1-2/h2-7H,1H3;1-5H,6,8H2;1-6,8H;3*1H3;3*1-2H3/b9-7+;;;;;;;;. The van der Waals surface area contributed by atoms with E-state index in [1.807, 2.05) is 133 Å². The summed E-state index contributed by atoms with van der Waals surface area (Å²) in [6.45, 7) is 13.2. The predicted molar refractivity (Wildman–Crippen MR) is 179 cm³/mol. The second-order valence-electron chi connectivity index (χ2n) is 7.42. The van der Waals surface area contributed by atoms with Gasteiger partial charge in [-0.1, -0.05) is 138 Å². The third-order valence-electron chi connectivity index (χ3n) is 3.15. The molecule has 0 aliphatic heterocycles. The van der Waals surface area contributed by atoms with Gasteiger partial charge in [-0.3, -0.25) is 0 Å². The molecule has 0 unspecified atom stereocenters. The minimum Gasteiger partial charge on any atom is -0.399 e. The molecule has 47 heavy (non-hydrogen) atoms. The highest BCUT2D eigenvalue weighted by atomic mass is 19.4. The van der Waals surface area contributed by atoms with Gasteiger partial charge in [0.1, 0.15) is 7.11 Å². The van der Waals surface area contributed by atoms with Gasteiger partial charge >= 0.3 is 18.5 Å². The number of hydrogen-bond donors (Lipinski definition) is 2. The van der Waals surface area contributed by atoms with E-state index in [2.05, 4.69) is 9.99 Å². The molecule has 4 nitrogen and oxygen atoms in total. The van der Waals surface area contributed by atoms with Gasteiger partial charge in [0.25, 0.3) is 0 Å². The molecule has 0 radical (unpaired) electrons. The largest absolute Gasteiger partial charge is 0.399 e. The first-order chi connectivity index (χ1) is 21.8. The molecule has 13 heteroatoms. The van der Waals surface area contributed by atoms with E-state index in [1.54, 1.807) is 6.21 Å². The highest BCUT2D eigenvalue weighted by Crippen LogP contribution is 2.11. The molecule has 3 rings (SSSR count). The Bertz CT molecular complexity index is 966. The normalized spacial score (nSPS) is 9.36. The van der Waals surface area contributed by atoms with Crippen LogP contribution in [0.3, 0.4) is 0 Å². The molecule has 0 saturated carbocycles. The van der Waals surface area contributed by atoms with Crippen LogP contribution in [0.2, 0.25) is 0 Å². The number of benzene rings is 3. The molecule has 0 heterocycles. The summed E-state index contributed by atoms with van der Waals surface area (Å²) in [5.74, 6) is 0. The Balaban J connectivity index is -0.000000106. The number of nitrogens with zero attached hydrogens (tertiary/aromatic N) is 1. The molecule has 0 saturated heterocycles. The summed E-state index contributed by atoms with van der Waals surface area (Å²) in [5.41, 5.74) is 8.53. The Kier molecular flexibility index (Phi) is 45.3. The first-order valence-electron chi connectivity index (χ1n) is 14.4. The number of nitrogens with two attached hydrogens (primary N) is 1. The molecular weight excluding hydrogens is 637 g/mol. The van der Waals surface area contributed by atoms with E-state index in [-0.39, 0.29) is 20.8 Å². The van der Waals surface area contributed by atoms with Crippen LogP contribution in [0.1, 0.15) is 79.0 Å². The van der Waals surface area contributed by atoms with Crippen molar-refractivity contribution in [3.63, 3.8) is 0 Å². The predicted octanol–water partition coefficient (Wildman–Crippen LogP) is 12.3. The lowest BCUT2D eigenvalue weighted by atomic mass is 10.2. The van der Waals surface area contributed by atoms with Crippen LogP contribution < -0.4 is 5.73 Å². The van der Waals surface area contributed by atoms with Crippen molar-refractivity contribution in [2.75, 3.05) is 7.11 Å². The van der Waals surface area contributed by atoms with Crippen molar-refractivity contribution in [3.8, 4) is 0 Å². The highest BCUT2D eigenvalue weighted by molar-refractivity contribution is 5.78. The summed E-state index contributed by atoms with van der Waals surface area (Å²) in [7, 11) is 1.53.